The van der Waals surface area contributed by atoms with Crippen LogP contribution in [-0.4, -0.2) is 38.3 Å². The van der Waals surface area contributed by atoms with Crippen LogP contribution >= 0.6 is 0 Å². The highest BCUT2D eigenvalue weighted by molar-refractivity contribution is 5.45. The number of anilines is 1. The van der Waals surface area contributed by atoms with Gasteiger partial charge in [0, 0.05) is 25.9 Å². The van der Waals surface area contributed by atoms with Crippen molar-refractivity contribution in [3.63, 3.8) is 0 Å². The molecule has 1 aromatic carbocycles. The van der Waals surface area contributed by atoms with E-state index in [1.54, 1.807) is 7.11 Å². The molecular weight excluding hydrogens is 224 g/mol. The zero-order valence-electron chi connectivity index (χ0n) is 12.3. The summed E-state index contributed by atoms with van der Waals surface area (Å²) in [6, 6.07) is 8.58. The van der Waals surface area contributed by atoms with Gasteiger partial charge in [-0.05, 0) is 52.1 Å². The molecule has 0 saturated carbocycles. The molecule has 0 bridgehead atoms. The second-order valence-corrected chi connectivity index (χ2v) is 5.58. The summed E-state index contributed by atoms with van der Waals surface area (Å²) >= 11 is 0. The number of nitrogens with zero attached hydrogens (tertiary/aromatic N) is 1. The monoisotopic (exact) mass is 250 g/mol. The predicted molar refractivity (Wildman–Crippen MR) is 78.0 cm³/mol. The highest BCUT2D eigenvalue weighted by Gasteiger charge is 2.15. The minimum Gasteiger partial charge on any atom is -0.385 e. The van der Waals surface area contributed by atoms with E-state index in [0.717, 1.165) is 19.5 Å². The molecule has 0 radical (unpaired) electrons. The quantitative estimate of drug-likeness (QED) is 0.805. The molecule has 0 unspecified atom stereocenters. The highest BCUT2D eigenvalue weighted by Crippen LogP contribution is 2.15. The van der Waals surface area contributed by atoms with Gasteiger partial charge in [-0.25, -0.2) is 0 Å². The van der Waals surface area contributed by atoms with Gasteiger partial charge in [-0.15, -0.1) is 0 Å². The van der Waals surface area contributed by atoms with Crippen LogP contribution in [0.25, 0.3) is 0 Å². The molecule has 1 aromatic rings. The molecule has 0 amide bonds. The molecule has 0 aliphatic carbocycles. The van der Waals surface area contributed by atoms with Crippen LogP contribution in [-0.2, 0) is 11.3 Å². The smallest absolute Gasteiger partial charge is 0.0639 e. The lowest BCUT2D eigenvalue weighted by Crippen LogP contribution is -2.25. The SMILES string of the molecule is COC(C)(C)CCNc1cccc(CN(C)C)c1. The third-order valence-corrected chi connectivity index (χ3v) is 3.03. The average molecular weight is 250 g/mol. The number of hydrogen-bond donors (Lipinski definition) is 1. The van der Waals surface area contributed by atoms with Gasteiger partial charge in [-0.3, -0.25) is 0 Å². The zero-order chi connectivity index (χ0) is 13.6. The maximum Gasteiger partial charge on any atom is 0.0639 e. The maximum absolute atomic E-state index is 5.41. The fourth-order valence-corrected chi connectivity index (χ4v) is 1.75. The lowest BCUT2D eigenvalue weighted by Gasteiger charge is -2.23. The van der Waals surface area contributed by atoms with Crippen LogP contribution in [0.4, 0.5) is 5.69 Å². The van der Waals surface area contributed by atoms with E-state index in [-0.39, 0.29) is 5.60 Å². The van der Waals surface area contributed by atoms with Gasteiger partial charge >= 0.3 is 0 Å². The van der Waals surface area contributed by atoms with Crippen LogP contribution in [0.1, 0.15) is 25.8 Å². The van der Waals surface area contributed by atoms with Crippen LogP contribution in [0.15, 0.2) is 24.3 Å². The van der Waals surface area contributed by atoms with Gasteiger partial charge in [0.15, 0.2) is 0 Å². The average Bonchev–Trinajstić information content (AvgIpc) is 2.28. The Kier molecular flexibility index (Phi) is 5.63. The molecular formula is C15H26N2O. The van der Waals surface area contributed by atoms with E-state index < -0.39 is 0 Å². The molecule has 0 fully saturated rings. The number of methoxy groups -OCH3 is 1. The van der Waals surface area contributed by atoms with E-state index >= 15 is 0 Å². The van der Waals surface area contributed by atoms with Gasteiger partial charge in [-0.2, -0.15) is 0 Å². The largest absolute Gasteiger partial charge is 0.385 e. The van der Waals surface area contributed by atoms with Crippen molar-refractivity contribution < 1.29 is 4.74 Å². The van der Waals surface area contributed by atoms with E-state index in [4.69, 9.17) is 4.74 Å². The highest BCUT2D eigenvalue weighted by atomic mass is 16.5. The summed E-state index contributed by atoms with van der Waals surface area (Å²) in [6.07, 6.45) is 0.988. The van der Waals surface area contributed by atoms with Crippen molar-refractivity contribution in [2.75, 3.05) is 33.1 Å². The molecule has 0 aromatic heterocycles. The maximum atomic E-state index is 5.41. The standard InChI is InChI=1S/C15H26N2O/c1-15(2,18-5)9-10-16-14-8-6-7-13(11-14)12-17(3)4/h6-8,11,16H,9-10,12H2,1-5H3. The third-order valence-electron chi connectivity index (χ3n) is 3.03. The number of benzene rings is 1. The molecule has 102 valence electrons. The Morgan fingerprint density at radius 1 is 1.28 bits per heavy atom. The first-order chi connectivity index (χ1) is 8.43. The third kappa shape index (κ3) is 5.52. The molecule has 1 N–H and O–H groups in total. The van der Waals surface area contributed by atoms with E-state index in [1.807, 2.05) is 0 Å². The van der Waals surface area contributed by atoms with Crippen LogP contribution in [0.3, 0.4) is 0 Å². The van der Waals surface area contributed by atoms with Crippen molar-refractivity contribution in [1.29, 1.82) is 0 Å². The van der Waals surface area contributed by atoms with Crippen molar-refractivity contribution >= 4 is 5.69 Å². The number of hydrogen-bond acceptors (Lipinski definition) is 3. The van der Waals surface area contributed by atoms with Crippen LogP contribution in [0, 0.1) is 0 Å². The lowest BCUT2D eigenvalue weighted by molar-refractivity contribution is 0.0185. The van der Waals surface area contributed by atoms with Gasteiger partial charge in [0.1, 0.15) is 0 Å². The molecule has 0 saturated heterocycles. The minimum absolute atomic E-state index is 0.0613. The normalized spacial score (nSPS) is 11.9. The Labute approximate surface area is 111 Å². The van der Waals surface area contributed by atoms with E-state index in [2.05, 4.69) is 62.4 Å². The summed E-state index contributed by atoms with van der Waals surface area (Å²) in [5.74, 6) is 0. The summed E-state index contributed by atoms with van der Waals surface area (Å²) in [7, 11) is 5.93. The lowest BCUT2D eigenvalue weighted by atomic mass is 10.1. The predicted octanol–water partition coefficient (Wildman–Crippen LogP) is 2.98. The van der Waals surface area contributed by atoms with Gasteiger partial charge in [0.25, 0.3) is 0 Å². The molecule has 3 heteroatoms. The topological polar surface area (TPSA) is 24.5 Å². The molecule has 0 aliphatic rings. The van der Waals surface area contributed by atoms with E-state index in [1.165, 1.54) is 11.3 Å². The second kappa shape index (κ2) is 6.76. The molecule has 0 heterocycles. The summed E-state index contributed by atoms with van der Waals surface area (Å²) in [5, 5.41) is 3.45. The number of nitrogens with one attached hydrogen (secondary N) is 1. The minimum atomic E-state index is -0.0613. The van der Waals surface area contributed by atoms with Crippen LogP contribution < -0.4 is 5.32 Å². The Hall–Kier alpha value is -1.06. The number of rotatable bonds is 7. The molecule has 1 rings (SSSR count). The summed E-state index contributed by atoms with van der Waals surface area (Å²) < 4.78 is 5.41. The molecule has 0 atom stereocenters. The Morgan fingerprint density at radius 2 is 2.00 bits per heavy atom. The van der Waals surface area contributed by atoms with Gasteiger partial charge in [-0.1, -0.05) is 12.1 Å². The number of ether oxygens (including phenoxy) is 1. The molecule has 0 aliphatic heterocycles. The van der Waals surface area contributed by atoms with Crippen LogP contribution in [0.2, 0.25) is 0 Å². The summed E-state index contributed by atoms with van der Waals surface area (Å²) in [6.45, 7) is 6.11. The first-order valence-corrected chi connectivity index (χ1v) is 6.46. The Bertz CT molecular complexity index is 361. The molecule has 0 spiro atoms. The molecule has 3 nitrogen and oxygen atoms in total. The summed E-state index contributed by atoms with van der Waals surface area (Å²) in [5.41, 5.74) is 2.45. The van der Waals surface area contributed by atoms with Crippen molar-refractivity contribution in [3.05, 3.63) is 29.8 Å². The first kappa shape index (κ1) is 15.0. The van der Waals surface area contributed by atoms with Crippen molar-refractivity contribution in [2.24, 2.45) is 0 Å². The van der Waals surface area contributed by atoms with Crippen molar-refractivity contribution in [2.45, 2.75) is 32.4 Å². The molecule has 18 heavy (non-hydrogen) atoms. The zero-order valence-corrected chi connectivity index (χ0v) is 12.3. The fourth-order valence-electron chi connectivity index (χ4n) is 1.75. The van der Waals surface area contributed by atoms with Crippen molar-refractivity contribution in [1.82, 2.24) is 4.90 Å². The Morgan fingerprint density at radius 3 is 2.61 bits per heavy atom. The van der Waals surface area contributed by atoms with E-state index in [9.17, 15) is 0 Å². The van der Waals surface area contributed by atoms with Gasteiger partial charge in [0.05, 0.1) is 5.60 Å². The Balaban J connectivity index is 2.47. The second-order valence-electron chi connectivity index (χ2n) is 5.58. The summed E-state index contributed by atoms with van der Waals surface area (Å²) in [4.78, 5) is 2.17. The van der Waals surface area contributed by atoms with Crippen LogP contribution in [0.5, 0.6) is 0 Å². The first-order valence-electron chi connectivity index (χ1n) is 6.46. The fraction of sp³-hybridized carbons (Fsp3) is 0.600. The van der Waals surface area contributed by atoms with Gasteiger partial charge in [0.2, 0.25) is 0 Å². The van der Waals surface area contributed by atoms with Gasteiger partial charge < -0.3 is 15.0 Å². The van der Waals surface area contributed by atoms with E-state index in [0.29, 0.717) is 0 Å². The van der Waals surface area contributed by atoms with Crippen molar-refractivity contribution in [3.8, 4) is 0 Å².